The van der Waals surface area contributed by atoms with Crippen LogP contribution in [0.4, 0.5) is 0 Å². The fraction of sp³-hybridized carbons (Fsp3) is 0.478. The molecule has 11 heteroatoms. The minimum absolute atomic E-state index is 0.104. The Morgan fingerprint density at radius 2 is 1.88 bits per heavy atom. The maximum absolute atomic E-state index is 12.1. The van der Waals surface area contributed by atoms with Crippen molar-refractivity contribution in [3.8, 4) is 11.5 Å². The van der Waals surface area contributed by atoms with Crippen LogP contribution in [0.15, 0.2) is 47.1 Å². The van der Waals surface area contributed by atoms with Gasteiger partial charge in [-0.1, -0.05) is 0 Å². The molecule has 7 atom stereocenters. The molecule has 3 heterocycles. The first-order valence-corrected chi connectivity index (χ1v) is 10.8. The number of carbonyl (C=O) groups excluding carboxylic acids is 1. The smallest absolute Gasteiger partial charge is 0.332 e. The summed E-state index contributed by atoms with van der Waals surface area (Å²) in [6.45, 7) is 2.84. The predicted octanol–water partition coefficient (Wildman–Crippen LogP) is 1.87. The minimum Gasteiger partial charge on any atom is -0.497 e. The molecule has 0 bridgehead atoms. The number of methoxy groups -OCH3 is 1. The summed E-state index contributed by atoms with van der Waals surface area (Å²) in [7, 11) is 1.55. The molecule has 34 heavy (non-hydrogen) atoms. The van der Waals surface area contributed by atoms with Crippen molar-refractivity contribution in [2.75, 3.05) is 13.7 Å². The molecule has 0 aliphatic carbocycles. The molecule has 1 amide bonds. The lowest BCUT2D eigenvalue weighted by Gasteiger charge is -2.49. The average Bonchev–Trinajstić information content (AvgIpc) is 3.36. The maximum Gasteiger partial charge on any atom is 0.332 e. The number of aliphatic carboxylic acids is 1. The highest BCUT2D eigenvalue weighted by molar-refractivity contribution is 5.73. The number of fused-ring (bicyclic) bond motifs is 1. The molecular weight excluding hydrogens is 450 g/mol. The number of furan rings is 1. The number of carboxylic acid groups (broad SMARTS) is 1. The van der Waals surface area contributed by atoms with Crippen molar-refractivity contribution in [2.45, 2.75) is 56.9 Å². The second-order valence-corrected chi connectivity index (χ2v) is 7.93. The lowest BCUT2D eigenvalue weighted by Crippen LogP contribution is -2.68. The Labute approximate surface area is 195 Å². The van der Waals surface area contributed by atoms with Crippen molar-refractivity contribution in [1.82, 2.24) is 5.32 Å². The van der Waals surface area contributed by atoms with Gasteiger partial charge in [-0.2, -0.15) is 0 Å². The van der Waals surface area contributed by atoms with Crippen LogP contribution < -0.4 is 14.8 Å². The Morgan fingerprint density at radius 3 is 2.50 bits per heavy atom. The summed E-state index contributed by atoms with van der Waals surface area (Å²) in [5, 5.41) is 12.2. The number of rotatable bonds is 8. The first-order chi connectivity index (χ1) is 16.4. The van der Waals surface area contributed by atoms with Crippen LogP contribution in [-0.2, 0) is 28.5 Å². The van der Waals surface area contributed by atoms with Gasteiger partial charge in [0, 0.05) is 6.92 Å². The zero-order valence-electron chi connectivity index (χ0n) is 18.9. The van der Waals surface area contributed by atoms with E-state index in [9.17, 15) is 14.7 Å². The fourth-order valence-corrected chi connectivity index (χ4v) is 3.87. The van der Waals surface area contributed by atoms with E-state index in [1.807, 2.05) is 0 Å². The van der Waals surface area contributed by atoms with Crippen LogP contribution in [0.5, 0.6) is 11.5 Å². The second-order valence-electron chi connectivity index (χ2n) is 7.93. The van der Waals surface area contributed by atoms with Crippen LogP contribution in [-0.4, -0.2) is 67.4 Å². The van der Waals surface area contributed by atoms with E-state index < -0.39 is 49.0 Å². The number of carbonyl (C=O) groups is 2. The Hall–Kier alpha value is -3.12. The Bertz CT molecular complexity index is 963. The number of benzene rings is 1. The van der Waals surface area contributed by atoms with Gasteiger partial charge in [0.1, 0.15) is 35.9 Å². The Kier molecular flexibility index (Phi) is 7.37. The summed E-state index contributed by atoms with van der Waals surface area (Å²) in [6, 6.07) is 9.32. The van der Waals surface area contributed by atoms with Gasteiger partial charge in [-0.3, -0.25) is 4.79 Å². The van der Waals surface area contributed by atoms with E-state index in [0.717, 1.165) is 0 Å². The Balaban J connectivity index is 1.63. The molecule has 4 rings (SSSR count). The third-order valence-electron chi connectivity index (χ3n) is 5.51. The topological polar surface area (TPSA) is 135 Å². The van der Waals surface area contributed by atoms with Gasteiger partial charge < -0.3 is 43.3 Å². The summed E-state index contributed by atoms with van der Waals surface area (Å²) in [6.07, 6.45) is -3.93. The lowest BCUT2D eigenvalue weighted by molar-refractivity contribution is -0.343. The second kappa shape index (κ2) is 10.4. The van der Waals surface area contributed by atoms with Gasteiger partial charge in [-0.15, -0.1) is 0 Å². The Morgan fingerprint density at radius 1 is 1.15 bits per heavy atom. The maximum atomic E-state index is 12.1. The summed E-state index contributed by atoms with van der Waals surface area (Å²) < 4.78 is 40.5. The van der Waals surface area contributed by atoms with Crippen molar-refractivity contribution in [1.29, 1.82) is 0 Å². The first kappa shape index (κ1) is 24.0. The highest BCUT2D eigenvalue weighted by Crippen LogP contribution is 2.36. The normalized spacial score (nSPS) is 29.5. The third kappa shape index (κ3) is 5.33. The molecule has 2 aromatic rings. The van der Waals surface area contributed by atoms with Gasteiger partial charge in [0.2, 0.25) is 18.5 Å². The van der Waals surface area contributed by atoms with E-state index in [1.165, 1.54) is 20.1 Å². The molecule has 2 fully saturated rings. The number of nitrogens with one attached hydrogen (secondary N) is 1. The fourth-order valence-electron chi connectivity index (χ4n) is 3.87. The van der Waals surface area contributed by atoms with Gasteiger partial charge in [0.25, 0.3) is 0 Å². The molecule has 2 aliphatic rings. The predicted molar refractivity (Wildman–Crippen MR) is 114 cm³/mol. The van der Waals surface area contributed by atoms with Crippen molar-refractivity contribution in [3.05, 3.63) is 48.4 Å². The average molecular weight is 477 g/mol. The summed E-state index contributed by atoms with van der Waals surface area (Å²) in [5.41, 5.74) is 0. The van der Waals surface area contributed by atoms with E-state index in [0.29, 0.717) is 17.3 Å². The number of carboxylic acids is 1. The third-order valence-corrected chi connectivity index (χ3v) is 5.51. The first-order valence-electron chi connectivity index (χ1n) is 10.8. The van der Waals surface area contributed by atoms with E-state index in [1.54, 1.807) is 43.5 Å². The van der Waals surface area contributed by atoms with Gasteiger partial charge in [-0.05, 0) is 43.3 Å². The lowest BCUT2D eigenvalue weighted by atomic mass is 9.95. The summed E-state index contributed by atoms with van der Waals surface area (Å²) >= 11 is 0. The van der Waals surface area contributed by atoms with Gasteiger partial charge >= 0.3 is 5.97 Å². The van der Waals surface area contributed by atoms with E-state index in [4.69, 9.17) is 32.8 Å². The molecule has 184 valence electrons. The highest BCUT2D eigenvalue weighted by atomic mass is 16.8. The van der Waals surface area contributed by atoms with Gasteiger partial charge in [0.15, 0.2) is 11.9 Å². The number of hydrogen-bond donors (Lipinski definition) is 2. The molecule has 11 nitrogen and oxygen atoms in total. The van der Waals surface area contributed by atoms with Crippen LogP contribution in [0.2, 0.25) is 0 Å². The number of hydrogen-bond acceptors (Lipinski definition) is 9. The molecule has 0 spiro atoms. The SMILES string of the molecule is COc1ccc(OC2OC3COC(c4ccco4)OC3C(OC(C)C(=O)O)C2NC(C)=O)cc1. The van der Waals surface area contributed by atoms with E-state index in [2.05, 4.69) is 5.32 Å². The van der Waals surface area contributed by atoms with Crippen LogP contribution in [0.25, 0.3) is 0 Å². The van der Waals surface area contributed by atoms with Crippen molar-refractivity contribution in [3.63, 3.8) is 0 Å². The molecule has 2 aliphatic heterocycles. The van der Waals surface area contributed by atoms with E-state index in [-0.39, 0.29) is 12.5 Å². The molecule has 1 aromatic heterocycles. The monoisotopic (exact) mass is 477 g/mol. The standard InChI is InChI=1S/C23H27NO10/c1-12(21(26)27)31-20-18(24-13(2)25)23(32-15-8-6-14(28-3)7-9-15)33-17-11-30-22(34-19(17)20)16-5-4-10-29-16/h4-10,12,17-20,22-23H,11H2,1-3H3,(H,24,25)(H,26,27). The van der Waals surface area contributed by atoms with Crippen LogP contribution in [0.1, 0.15) is 25.9 Å². The van der Waals surface area contributed by atoms with Gasteiger partial charge in [0.05, 0.1) is 20.0 Å². The molecule has 1 aromatic carbocycles. The van der Waals surface area contributed by atoms with Gasteiger partial charge in [-0.25, -0.2) is 4.79 Å². The molecule has 2 saturated heterocycles. The molecule has 7 unspecified atom stereocenters. The number of amides is 1. The van der Waals surface area contributed by atoms with Crippen LogP contribution in [0.3, 0.4) is 0 Å². The van der Waals surface area contributed by atoms with Crippen molar-refractivity contribution >= 4 is 11.9 Å². The van der Waals surface area contributed by atoms with Crippen LogP contribution >= 0.6 is 0 Å². The quantitative estimate of drug-likeness (QED) is 0.580. The highest BCUT2D eigenvalue weighted by Gasteiger charge is 2.53. The van der Waals surface area contributed by atoms with E-state index >= 15 is 0 Å². The van der Waals surface area contributed by atoms with Crippen molar-refractivity contribution < 1.29 is 47.5 Å². The molecule has 2 N–H and O–H groups in total. The van der Waals surface area contributed by atoms with Crippen LogP contribution in [0, 0.1) is 0 Å². The summed E-state index contributed by atoms with van der Waals surface area (Å²) in [4.78, 5) is 23.7. The minimum atomic E-state index is -1.19. The largest absolute Gasteiger partial charge is 0.497 e. The van der Waals surface area contributed by atoms with Crippen molar-refractivity contribution in [2.24, 2.45) is 0 Å². The molecule has 0 radical (unpaired) electrons. The number of ether oxygens (including phenoxy) is 6. The zero-order chi connectivity index (χ0) is 24.2. The molecule has 0 saturated carbocycles. The molecular formula is C23H27NO10. The zero-order valence-corrected chi connectivity index (χ0v) is 18.9. The summed E-state index contributed by atoms with van der Waals surface area (Å²) in [5.74, 6) is 0.00493.